The van der Waals surface area contributed by atoms with Gasteiger partial charge in [-0.3, -0.25) is 9.59 Å². The van der Waals surface area contributed by atoms with Crippen LogP contribution in [-0.2, 0) is 14.3 Å². The highest BCUT2D eigenvalue weighted by atomic mass is 127. The van der Waals surface area contributed by atoms with Crippen LogP contribution in [0.2, 0.25) is 0 Å². The molecule has 0 heterocycles. The van der Waals surface area contributed by atoms with Crippen LogP contribution in [0.3, 0.4) is 0 Å². The minimum absolute atomic E-state index is 0.0189. The number of nitrogens with one attached hydrogen (secondary N) is 1. The molecule has 0 saturated heterocycles. The standard InChI is InChI=1S/C13H16BrIN2O4/c1-2-21-12(19)5-10(17-11(18)6-16)8-3-7(14)4-9(15)13(8)20/h3-4,10,20H,2,5-6,16H2,1H3,(H,17,18). The van der Waals surface area contributed by atoms with Gasteiger partial charge in [-0.2, -0.15) is 0 Å². The smallest absolute Gasteiger partial charge is 0.308 e. The van der Waals surface area contributed by atoms with Gasteiger partial charge in [-0.15, -0.1) is 0 Å². The first-order valence-electron chi connectivity index (χ1n) is 6.22. The zero-order chi connectivity index (χ0) is 16.0. The number of amides is 1. The summed E-state index contributed by atoms with van der Waals surface area (Å²) in [4.78, 5) is 23.2. The number of nitrogens with two attached hydrogens (primary N) is 1. The van der Waals surface area contributed by atoms with Gasteiger partial charge in [0.25, 0.3) is 0 Å². The van der Waals surface area contributed by atoms with E-state index in [0.29, 0.717) is 9.13 Å². The molecule has 1 atom stereocenters. The molecule has 0 fully saturated rings. The van der Waals surface area contributed by atoms with Crippen LogP contribution in [-0.4, -0.2) is 30.1 Å². The Labute approximate surface area is 144 Å². The normalized spacial score (nSPS) is 11.8. The maximum Gasteiger partial charge on any atom is 0.308 e. The summed E-state index contributed by atoms with van der Waals surface area (Å²) in [6.45, 7) is 1.74. The van der Waals surface area contributed by atoms with Crippen LogP contribution in [0.1, 0.15) is 24.9 Å². The molecular formula is C13H16BrIN2O4. The largest absolute Gasteiger partial charge is 0.506 e. The molecule has 0 spiro atoms. The lowest BCUT2D eigenvalue weighted by Crippen LogP contribution is -2.35. The average Bonchev–Trinajstić information content (AvgIpc) is 2.42. The Hall–Kier alpha value is -0.870. The van der Waals surface area contributed by atoms with Gasteiger partial charge in [0, 0.05) is 10.0 Å². The first-order chi connectivity index (χ1) is 9.88. The molecule has 0 aliphatic rings. The third kappa shape index (κ3) is 5.44. The predicted octanol–water partition coefficient (Wildman–Crippen LogP) is 1.83. The number of phenolic OH excluding ortho intramolecular Hbond substituents is 1. The van der Waals surface area contributed by atoms with E-state index in [0.717, 1.165) is 4.47 Å². The highest BCUT2D eigenvalue weighted by Gasteiger charge is 2.23. The number of esters is 1. The lowest BCUT2D eigenvalue weighted by molar-refractivity contribution is -0.143. The van der Waals surface area contributed by atoms with Crippen LogP contribution in [0.15, 0.2) is 16.6 Å². The third-order valence-corrected chi connectivity index (χ3v) is 3.91. The molecule has 0 radical (unpaired) electrons. The van der Waals surface area contributed by atoms with E-state index in [4.69, 9.17) is 10.5 Å². The van der Waals surface area contributed by atoms with Crippen LogP contribution < -0.4 is 11.1 Å². The van der Waals surface area contributed by atoms with E-state index in [1.54, 1.807) is 19.1 Å². The molecule has 1 amide bonds. The second-order valence-electron chi connectivity index (χ2n) is 4.16. The van der Waals surface area contributed by atoms with Crippen LogP contribution >= 0.6 is 38.5 Å². The van der Waals surface area contributed by atoms with Crippen molar-refractivity contribution in [3.63, 3.8) is 0 Å². The number of aromatic hydroxyl groups is 1. The Balaban J connectivity index is 3.10. The Morgan fingerprint density at radius 1 is 1.52 bits per heavy atom. The summed E-state index contributed by atoms with van der Waals surface area (Å²) in [5.41, 5.74) is 5.72. The first-order valence-corrected chi connectivity index (χ1v) is 8.09. The van der Waals surface area contributed by atoms with Crippen molar-refractivity contribution in [3.05, 3.63) is 25.7 Å². The number of carbonyl (C=O) groups is 2. The first kappa shape index (κ1) is 18.2. The molecular weight excluding hydrogens is 455 g/mol. The zero-order valence-corrected chi connectivity index (χ0v) is 15.1. The summed E-state index contributed by atoms with van der Waals surface area (Å²) < 4.78 is 6.23. The summed E-state index contributed by atoms with van der Waals surface area (Å²) >= 11 is 5.29. The molecule has 1 aromatic rings. The predicted molar refractivity (Wildman–Crippen MR) is 89.7 cm³/mol. The number of ether oxygens (including phenoxy) is 1. The lowest BCUT2D eigenvalue weighted by atomic mass is 10.0. The highest BCUT2D eigenvalue weighted by Crippen LogP contribution is 2.34. The van der Waals surface area contributed by atoms with E-state index in [-0.39, 0.29) is 25.3 Å². The van der Waals surface area contributed by atoms with Crippen LogP contribution in [0.25, 0.3) is 0 Å². The monoisotopic (exact) mass is 470 g/mol. The molecule has 4 N–H and O–H groups in total. The Bertz CT molecular complexity index is 539. The summed E-state index contributed by atoms with van der Waals surface area (Å²) in [5, 5.41) is 12.8. The fourth-order valence-electron chi connectivity index (χ4n) is 1.73. The quantitative estimate of drug-likeness (QED) is 0.435. The molecule has 1 aromatic carbocycles. The molecule has 116 valence electrons. The van der Waals surface area contributed by atoms with Gasteiger partial charge in [0.05, 0.1) is 29.2 Å². The second-order valence-corrected chi connectivity index (χ2v) is 6.24. The molecule has 1 rings (SSSR count). The van der Waals surface area contributed by atoms with Crippen molar-refractivity contribution in [2.24, 2.45) is 5.73 Å². The van der Waals surface area contributed by atoms with Gasteiger partial charge in [0.2, 0.25) is 5.91 Å². The minimum Gasteiger partial charge on any atom is -0.506 e. The molecule has 8 heteroatoms. The SMILES string of the molecule is CCOC(=O)CC(NC(=O)CN)c1cc(Br)cc(I)c1O. The van der Waals surface area contributed by atoms with Gasteiger partial charge in [-0.05, 0) is 41.6 Å². The van der Waals surface area contributed by atoms with Crippen LogP contribution in [0.4, 0.5) is 0 Å². The summed E-state index contributed by atoms with van der Waals surface area (Å²) in [6, 6.07) is 2.68. The van der Waals surface area contributed by atoms with Gasteiger partial charge in [-0.25, -0.2) is 0 Å². The van der Waals surface area contributed by atoms with E-state index >= 15 is 0 Å². The van der Waals surface area contributed by atoms with Gasteiger partial charge in [-0.1, -0.05) is 15.9 Å². The number of halogens is 2. The van der Waals surface area contributed by atoms with E-state index in [1.807, 2.05) is 22.6 Å². The summed E-state index contributed by atoms with van der Waals surface area (Å²) in [7, 11) is 0. The molecule has 6 nitrogen and oxygen atoms in total. The fraction of sp³-hybridized carbons (Fsp3) is 0.385. The third-order valence-electron chi connectivity index (χ3n) is 2.63. The molecule has 0 saturated carbocycles. The number of phenols is 1. The van der Waals surface area contributed by atoms with E-state index in [1.165, 1.54) is 0 Å². The second kappa shape index (κ2) is 8.54. The van der Waals surface area contributed by atoms with Crippen LogP contribution in [0.5, 0.6) is 5.75 Å². The van der Waals surface area contributed by atoms with Crippen molar-refractivity contribution in [2.75, 3.05) is 13.2 Å². The Morgan fingerprint density at radius 3 is 2.76 bits per heavy atom. The maximum absolute atomic E-state index is 11.7. The molecule has 0 aliphatic heterocycles. The summed E-state index contributed by atoms with van der Waals surface area (Å²) in [6.07, 6.45) is -0.0837. The zero-order valence-electron chi connectivity index (χ0n) is 11.4. The number of hydrogen-bond acceptors (Lipinski definition) is 5. The van der Waals surface area contributed by atoms with Gasteiger partial charge in [0.15, 0.2) is 0 Å². The van der Waals surface area contributed by atoms with Gasteiger partial charge >= 0.3 is 5.97 Å². The maximum atomic E-state index is 11.7. The number of benzene rings is 1. The van der Waals surface area contributed by atoms with Crippen molar-refractivity contribution in [1.82, 2.24) is 5.32 Å². The molecule has 21 heavy (non-hydrogen) atoms. The van der Waals surface area contributed by atoms with Crippen molar-refractivity contribution in [2.45, 2.75) is 19.4 Å². The van der Waals surface area contributed by atoms with E-state index in [2.05, 4.69) is 21.2 Å². The minimum atomic E-state index is -0.703. The highest BCUT2D eigenvalue weighted by molar-refractivity contribution is 14.1. The molecule has 0 bridgehead atoms. The summed E-state index contributed by atoms with van der Waals surface area (Å²) in [5.74, 6) is -0.863. The topological polar surface area (TPSA) is 102 Å². The lowest BCUT2D eigenvalue weighted by Gasteiger charge is -2.20. The molecule has 1 unspecified atom stereocenters. The van der Waals surface area contributed by atoms with Crippen molar-refractivity contribution < 1.29 is 19.4 Å². The Kier molecular flexibility index (Phi) is 7.40. The average molecular weight is 471 g/mol. The van der Waals surface area contributed by atoms with E-state index < -0.39 is 17.9 Å². The van der Waals surface area contributed by atoms with Crippen molar-refractivity contribution in [1.29, 1.82) is 0 Å². The van der Waals surface area contributed by atoms with Gasteiger partial charge < -0.3 is 20.9 Å². The number of rotatable bonds is 6. The fourth-order valence-corrected chi connectivity index (χ4v) is 3.28. The van der Waals surface area contributed by atoms with Crippen LogP contribution in [0, 0.1) is 3.57 Å². The van der Waals surface area contributed by atoms with Gasteiger partial charge in [0.1, 0.15) is 5.75 Å². The van der Waals surface area contributed by atoms with Crippen molar-refractivity contribution in [3.8, 4) is 5.75 Å². The molecule has 0 aromatic heterocycles. The number of carbonyl (C=O) groups excluding carboxylic acids is 2. The van der Waals surface area contributed by atoms with E-state index in [9.17, 15) is 14.7 Å². The number of hydrogen-bond donors (Lipinski definition) is 3. The van der Waals surface area contributed by atoms with Crippen molar-refractivity contribution >= 4 is 50.4 Å². The Morgan fingerprint density at radius 2 is 2.19 bits per heavy atom. The molecule has 0 aliphatic carbocycles.